The Hall–Kier alpha value is -0.640. The van der Waals surface area contributed by atoms with Crippen molar-refractivity contribution in [2.24, 2.45) is 0 Å². The van der Waals surface area contributed by atoms with E-state index in [1.54, 1.807) is 0 Å². The van der Waals surface area contributed by atoms with Gasteiger partial charge in [-0.1, -0.05) is 90.3 Å². The van der Waals surface area contributed by atoms with Crippen LogP contribution >= 0.6 is 47.8 Å². The predicted octanol–water partition coefficient (Wildman–Crippen LogP) is 7.16. The van der Waals surface area contributed by atoms with Gasteiger partial charge in [-0.15, -0.1) is 0 Å². The summed E-state index contributed by atoms with van der Waals surface area (Å²) in [5, 5.41) is 2.52. The fraction of sp³-hybridized carbons (Fsp3) is 0.111. The van der Waals surface area contributed by atoms with E-state index in [-0.39, 0.29) is 4.83 Å². The molecule has 0 fully saturated rings. The largest absolute Gasteiger partial charge is 0.0786 e. The first-order valence-corrected chi connectivity index (χ1v) is 9.15. The van der Waals surface area contributed by atoms with E-state index in [2.05, 4.69) is 109 Å². The zero-order chi connectivity index (χ0) is 15.0. The monoisotopic (exact) mass is 466 g/mol. The molecule has 0 aliphatic rings. The molecule has 3 aromatic rings. The standard InChI is InChI=1S/C18H13Br3/c1-11-10-12(6-8-16(11)19)18(21)15-7-9-17(20)14-5-3-2-4-13(14)15/h2-10,18H,1H3. The summed E-state index contributed by atoms with van der Waals surface area (Å²) < 4.78 is 2.28. The second-order valence-corrected chi connectivity index (χ2v) is 7.68. The Kier molecular flexibility index (Phi) is 4.53. The Morgan fingerprint density at radius 3 is 2.19 bits per heavy atom. The van der Waals surface area contributed by atoms with Gasteiger partial charge in [0.2, 0.25) is 0 Å². The molecule has 106 valence electrons. The molecule has 0 amide bonds. The molecular formula is C18H13Br3. The third-order valence-corrected chi connectivity index (χ3v) is 6.26. The summed E-state index contributed by atoms with van der Waals surface area (Å²) in [4.78, 5) is 0.183. The van der Waals surface area contributed by atoms with Gasteiger partial charge in [0.25, 0.3) is 0 Å². The van der Waals surface area contributed by atoms with Gasteiger partial charge in [0.05, 0.1) is 4.83 Å². The maximum atomic E-state index is 3.87. The summed E-state index contributed by atoms with van der Waals surface area (Å²) in [6, 6.07) is 19.3. The lowest BCUT2D eigenvalue weighted by Gasteiger charge is -2.15. The molecule has 3 aromatic carbocycles. The fourth-order valence-corrected chi connectivity index (χ4v) is 3.92. The van der Waals surface area contributed by atoms with Crippen molar-refractivity contribution in [3.63, 3.8) is 0 Å². The zero-order valence-corrected chi connectivity index (χ0v) is 16.2. The molecule has 0 N–H and O–H groups in total. The second-order valence-electron chi connectivity index (χ2n) is 5.05. The van der Waals surface area contributed by atoms with Crippen molar-refractivity contribution in [2.75, 3.05) is 0 Å². The molecule has 0 saturated heterocycles. The molecule has 0 nitrogen and oxygen atoms in total. The van der Waals surface area contributed by atoms with Crippen LogP contribution in [0.1, 0.15) is 21.5 Å². The van der Waals surface area contributed by atoms with Crippen molar-refractivity contribution in [3.05, 3.63) is 80.2 Å². The van der Waals surface area contributed by atoms with Gasteiger partial charge in [-0.05, 0) is 46.5 Å². The molecule has 0 aliphatic carbocycles. The molecule has 0 bridgehead atoms. The number of benzene rings is 3. The van der Waals surface area contributed by atoms with Crippen molar-refractivity contribution in [1.29, 1.82) is 0 Å². The van der Waals surface area contributed by atoms with E-state index in [1.807, 2.05) is 0 Å². The number of alkyl halides is 1. The van der Waals surface area contributed by atoms with Crippen LogP contribution in [-0.2, 0) is 0 Å². The molecule has 1 atom stereocenters. The number of hydrogen-bond donors (Lipinski definition) is 0. The highest BCUT2D eigenvalue weighted by atomic mass is 79.9. The molecule has 1 unspecified atom stereocenters. The summed E-state index contributed by atoms with van der Waals surface area (Å²) in [5.41, 5.74) is 3.80. The van der Waals surface area contributed by atoms with Crippen molar-refractivity contribution < 1.29 is 0 Å². The van der Waals surface area contributed by atoms with Crippen LogP contribution in [0.5, 0.6) is 0 Å². The molecule has 3 heteroatoms. The zero-order valence-electron chi connectivity index (χ0n) is 11.4. The highest BCUT2D eigenvalue weighted by Gasteiger charge is 2.15. The molecule has 0 radical (unpaired) electrons. The Morgan fingerprint density at radius 1 is 0.810 bits per heavy atom. The predicted molar refractivity (Wildman–Crippen MR) is 101 cm³/mol. The topological polar surface area (TPSA) is 0 Å². The summed E-state index contributed by atoms with van der Waals surface area (Å²) in [6.07, 6.45) is 0. The normalized spacial score (nSPS) is 12.6. The van der Waals surface area contributed by atoms with Crippen molar-refractivity contribution in [3.8, 4) is 0 Å². The maximum Gasteiger partial charge on any atom is 0.0650 e. The number of fused-ring (bicyclic) bond motifs is 1. The highest BCUT2D eigenvalue weighted by molar-refractivity contribution is 9.11. The van der Waals surface area contributed by atoms with E-state index in [9.17, 15) is 0 Å². The average molecular weight is 469 g/mol. The lowest BCUT2D eigenvalue weighted by atomic mass is 9.97. The van der Waals surface area contributed by atoms with Gasteiger partial charge in [0.15, 0.2) is 0 Å². The number of halogens is 3. The number of rotatable bonds is 2. The Bertz CT molecular complexity index is 809. The summed E-state index contributed by atoms with van der Waals surface area (Å²) >= 11 is 11.1. The molecule has 0 aliphatic heterocycles. The van der Waals surface area contributed by atoms with Gasteiger partial charge in [-0.3, -0.25) is 0 Å². The van der Waals surface area contributed by atoms with Gasteiger partial charge >= 0.3 is 0 Å². The molecule has 3 rings (SSSR count). The minimum absolute atomic E-state index is 0.183. The first-order valence-electron chi connectivity index (χ1n) is 6.65. The number of hydrogen-bond acceptors (Lipinski definition) is 0. The molecular weight excluding hydrogens is 456 g/mol. The Morgan fingerprint density at radius 2 is 1.48 bits per heavy atom. The maximum absolute atomic E-state index is 3.87. The second kappa shape index (κ2) is 6.23. The first-order chi connectivity index (χ1) is 10.1. The quantitative estimate of drug-likeness (QED) is 0.350. The highest BCUT2D eigenvalue weighted by Crippen LogP contribution is 2.38. The van der Waals surface area contributed by atoms with E-state index in [0.29, 0.717) is 0 Å². The fourth-order valence-electron chi connectivity index (χ4n) is 2.51. The molecule has 21 heavy (non-hydrogen) atoms. The first kappa shape index (κ1) is 15.3. The summed E-state index contributed by atoms with van der Waals surface area (Å²) in [6.45, 7) is 2.12. The lowest BCUT2D eigenvalue weighted by Crippen LogP contribution is -1.95. The van der Waals surface area contributed by atoms with Crippen LogP contribution in [-0.4, -0.2) is 0 Å². The van der Waals surface area contributed by atoms with Crippen molar-refractivity contribution in [2.45, 2.75) is 11.8 Å². The molecule has 0 heterocycles. The van der Waals surface area contributed by atoms with E-state index in [0.717, 1.165) is 8.95 Å². The van der Waals surface area contributed by atoms with Crippen LogP contribution in [0.25, 0.3) is 10.8 Å². The molecule has 0 aromatic heterocycles. The third-order valence-electron chi connectivity index (χ3n) is 3.65. The van der Waals surface area contributed by atoms with Gasteiger partial charge < -0.3 is 0 Å². The third kappa shape index (κ3) is 2.96. The smallest absolute Gasteiger partial charge is 0.0650 e. The SMILES string of the molecule is Cc1cc(C(Br)c2ccc(Br)c3ccccc23)ccc1Br. The average Bonchev–Trinajstić information content (AvgIpc) is 2.50. The van der Waals surface area contributed by atoms with Crippen molar-refractivity contribution in [1.82, 2.24) is 0 Å². The molecule has 0 saturated carbocycles. The minimum atomic E-state index is 0.183. The van der Waals surface area contributed by atoms with Crippen LogP contribution in [0.15, 0.2) is 63.5 Å². The number of aryl methyl sites for hydroxylation is 1. The van der Waals surface area contributed by atoms with E-state index in [1.165, 1.54) is 27.5 Å². The van der Waals surface area contributed by atoms with Crippen LogP contribution in [0.4, 0.5) is 0 Å². The van der Waals surface area contributed by atoms with Crippen molar-refractivity contribution >= 4 is 58.6 Å². The lowest BCUT2D eigenvalue weighted by molar-refractivity contribution is 1.18. The van der Waals surface area contributed by atoms with Gasteiger partial charge in [-0.2, -0.15) is 0 Å². The van der Waals surface area contributed by atoms with Crippen LogP contribution < -0.4 is 0 Å². The van der Waals surface area contributed by atoms with Crippen LogP contribution in [0, 0.1) is 6.92 Å². The summed E-state index contributed by atoms with van der Waals surface area (Å²) in [5.74, 6) is 0. The van der Waals surface area contributed by atoms with Gasteiger partial charge in [0, 0.05) is 8.95 Å². The Balaban J connectivity index is 2.15. The van der Waals surface area contributed by atoms with Crippen LogP contribution in [0.3, 0.4) is 0 Å². The van der Waals surface area contributed by atoms with E-state index < -0.39 is 0 Å². The van der Waals surface area contributed by atoms with E-state index >= 15 is 0 Å². The van der Waals surface area contributed by atoms with Gasteiger partial charge in [0.1, 0.15) is 0 Å². The van der Waals surface area contributed by atoms with Gasteiger partial charge in [-0.25, -0.2) is 0 Å². The summed E-state index contributed by atoms with van der Waals surface area (Å²) in [7, 11) is 0. The Labute approximate surface area is 150 Å². The minimum Gasteiger partial charge on any atom is -0.0786 e. The van der Waals surface area contributed by atoms with E-state index in [4.69, 9.17) is 0 Å². The van der Waals surface area contributed by atoms with Crippen LogP contribution in [0.2, 0.25) is 0 Å². The molecule has 0 spiro atoms.